The SMILES string of the molecule is COc1cc2c(cc1OC)[C@H](c1ccccc1)N(C(=O)COC(=O)c1ccncc1)CC2. The number of carbonyl (C=O) groups excluding carboxylic acids is 2. The molecule has 1 aliphatic heterocycles. The lowest BCUT2D eigenvalue weighted by Gasteiger charge is -2.38. The van der Waals surface area contributed by atoms with Gasteiger partial charge in [0.25, 0.3) is 5.91 Å². The maximum Gasteiger partial charge on any atom is 0.338 e. The van der Waals surface area contributed by atoms with Gasteiger partial charge >= 0.3 is 5.97 Å². The van der Waals surface area contributed by atoms with Crippen molar-refractivity contribution in [2.45, 2.75) is 12.5 Å². The summed E-state index contributed by atoms with van der Waals surface area (Å²) in [6.07, 6.45) is 3.67. The predicted octanol–water partition coefficient (Wildman–Crippen LogP) is 3.43. The van der Waals surface area contributed by atoms with Crippen molar-refractivity contribution in [2.24, 2.45) is 0 Å². The van der Waals surface area contributed by atoms with Crippen LogP contribution in [0.3, 0.4) is 0 Å². The van der Waals surface area contributed by atoms with Gasteiger partial charge in [-0.05, 0) is 47.4 Å². The summed E-state index contributed by atoms with van der Waals surface area (Å²) >= 11 is 0. The highest BCUT2D eigenvalue weighted by Crippen LogP contribution is 2.41. The molecule has 2 aromatic carbocycles. The normalized spacial score (nSPS) is 14.9. The molecule has 0 saturated heterocycles. The lowest BCUT2D eigenvalue weighted by molar-refractivity contribution is -0.136. The van der Waals surface area contributed by atoms with Gasteiger partial charge in [0.05, 0.1) is 25.8 Å². The molecule has 7 nitrogen and oxygen atoms in total. The Kier molecular flexibility index (Phi) is 6.35. The number of pyridine rings is 1. The summed E-state index contributed by atoms with van der Waals surface area (Å²) in [5.74, 6) is 0.442. The molecule has 1 aromatic heterocycles. The van der Waals surface area contributed by atoms with E-state index in [0.29, 0.717) is 30.0 Å². The molecule has 0 radical (unpaired) electrons. The number of hydrogen-bond acceptors (Lipinski definition) is 6. The maximum absolute atomic E-state index is 13.2. The maximum atomic E-state index is 13.2. The fraction of sp³-hybridized carbons (Fsp3) is 0.240. The third-order valence-corrected chi connectivity index (χ3v) is 5.55. The van der Waals surface area contributed by atoms with Crippen LogP contribution >= 0.6 is 0 Å². The Morgan fingerprint density at radius 2 is 1.69 bits per heavy atom. The number of amides is 1. The van der Waals surface area contributed by atoms with Crippen molar-refractivity contribution in [3.63, 3.8) is 0 Å². The number of esters is 1. The molecule has 3 aromatic rings. The Labute approximate surface area is 186 Å². The van der Waals surface area contributed by atoms with E-state index in [1.807, 2.05) is 42.5 Å². The summed E-state index contributed by atoms with van der Waals surface area (Å²) in [5.41, 5.74) is 3.38. The van der Waals surface area contributed by atoms with Crippen LogP contribution in [-0.4, -0.2) is 49.1 Å². The highest BCUT2D eigenvalue weighted by atomic mass is 16.5. The first-order valence-electron chi connectivity index (χ1n) is 10.3. The summed E-state index contributed by atoms with van der Waals surface area (Å²) in [5, 5.41) is 0. The van der Waals surface area contributed by atoms with Crippen molar-refractivity contribution < 1.29 is 23.8 Å². The van der Waals surface area contributed by atoms with Gasteiger partial charge in [0.15, 0.2) is 18.1 Å². The molecule has 1 amide bonds. The number of nitrogens with zero attached hydrogens (tertiary/aromatic N) is 2. The van der Waals surface area contributed by atoms with Crippen LogP contribution in [0.15, 0.2) is 67.0 Å². The molecule has 1 aliphatic rings. The van der Waals surface area contributed by atoms with Gasteiger partial charge in [-0.1, -0.05) is 30.3 Å². The van der Waals surface area contributed by atoms with Crippen LogP contribution in [0.25, 0.3) is 0 Å². The van der Waals surface area contributed by atoms with Gasteiger partial charge in [-0.3, -0.25) is 9.78 Å². The number of carbonyl (C=O) groups is 2. The molecule has 32 heavy (non-hydrogen) atoms. The Balaban J connectivity index is 1.63. The molecule has 0 unspecified atom stereocenters. The van der Waals surface area contributed by atoms with Crippen LogP contribution in [0.1, 0.15) is 33.1 Å². The fourth-order valence-corrected chi connectivity index (χ4v) is 3.99. The van der Waals surface area contributed by atoms with Crippen molar-refractivity contribution in [1.29, 1.82) is 0 Å². The first-order chi connectivity index (χ1) is 15.6. The molecular formula is C25H24N2O5. The minimum Gasteiger partial charge on any atom is -0.493 e. The van der Waals surface area contributed by atoms with Gasteiger partial charge < -0.3 is 19.1 Å². The standard InChI is InChI=1S/C25H24N2O5/c1-30-21-14-19-10-13-27(23(28)16-32-25(29)18-8-11-26-12-9-18)24(17-6-4-3-5-7-17)20(19)15-22(21)31-2/h3-9,11-12,14-15,24H,10,13,16H2,1-2H3/t24-/m0/s1. The van der Waals surface area contributed by atoms with Gasteiger partial charge in [-0.25, -0.2) is 4.79 Å². The molecule has 1 atom stereocenters. The minimum atomic E-state index is -0.555. The predicted molar refractivity (Wildman–Crippen MR) is 118 cm³/mol. The smallest absolute Gasteiger partial charge is 0.338 e. The lowest BCUT2D eigenvalue weighted by atomic mass is 9.87. The quantitative estimate of drug-likeness (QED) is 0.556. The average Bonchev–Trinajstić information content (AvgIpc) is 2.86. The fourth-order valence-electron chi connectivity index (χ4n) is 3.99. The first kappa shape index (κ1) is 21.4. The molecule has 0 N–H and O–H groups in total. The molecule has 0 spiro atoms. The zero-order valence-electron chi connectivity index (χ0n) is 18.0. The second-order valence-corrected chi connectivity index (χ2v) is 7.37. The number of methoxy groups -OCH3 is 2. The Hall–Kier alpha value is -3.87. The molecule has 4 rings (SSSR count). The van der Waals surface area contributed by atoms with Crippen LogP contribution in [0.5, 0.6) is 11.5 Å². The van der Waals surface area contributed by atoms with Crippen LogP contribution in [0.4, 0.5) is 0 Å². The van der Waals surface area contributed by atoms with Crippen molar-refractivity contribution in [1.82, 2.24) is 9.88 Å². The number of benzene rings is 2. The molecular weight excluding hydrogens is 408 g/mol. The summed E-state index contributed by atoms with van der Waals surface area (Å²) < 4.78 is 16.3. The number of hydrogen-bond donors (Lipinski definition) is 0. The van der Waals surface area contributed by atoms with Crippen LogP contribution in [0, 0.1) is 0 Å². The zero-order chi connectivity index (χ0) is 22.5. The van der Waals surface area contributed by atoms with E-state index >= 15 is 0 Å². The van der Waals surface area contributed by atoms with Gasteiger partial charge in [0.2, 0.25) is 0 Å². The van der Waals surface area contributed by atoms with Crippen molar-refractivity contribution >= 4 is 11.9 Å². The van der Waals surface area contributed by atoms with Gasteiger partial charge in [-0.15, -0.1) is 0 Å². The number of aromatic nitrogens is 1. The highest BCUT2D eigenvalue weighted by molar-refractivity contribution is 5.91. The third-order valence-electron chi connectivity index (χ3n) is 5.55. The van der Waals surface area contributed by atoms with Gasteiger partial charge in [-0.2, -0.15) is 0 Å². The number of fused-ring (bicyclic) bond motifs is 1. The van der Waals surface area contributed by atoms with E-state index in [4.69, 9.17) is 14.2 Å². The van der Waals surface area contributed by atoms with E-state index in [0.717, 1.165) is 16.7 Å². The Bertz CT molecular complexity index is 1100. The average molecular weight is 432 g/mol. The van der Waals surface area contributed by atoms with E-state index < -0.39 is 5.97 Å². The van der Waals surface area contributed by atoms with Gasteiger partial charge in [0.1, 0.15) is 0 Å². The second-order valence-electron chi connectivity index (χ2n) is 7.37. The number of ether oxygens (including phenoxy) is 3. The van der Waals surface area contributed by atoms with E-state index in [-0.39, 0.29) is 18.6 Å². The minimum absolute atomic E-state index is 0.262. The summed E-state index contributed by atoms with van der Waals surface area (Å²) in [7, 11) is 3.20. The van der Waals surface area contributed by atoms with E-state index in [1.165, 1.54) is 12.4 Å². The first-order valence-corrected chi connectivity index (χ1v) is 10.3. The highest BCUT2D eigenvalue weighted by Gasteiger charge is 2.33. The van der Waals surface area contributed by atoms with E-state index in [1.54, 1.807) is 31.3 Å². The molecule has 7 heteroatoms. The van der Waals surface area contributed by atoms with E-state index in [2.05, 4.69) is 4.98 Å². The lowest BCUT2D eigenvalue weighted by Crippen LogP contribution is -2.42. The van der Waals surface area contributed by atoms with Crippen molar-refractivity contribution in [2.75, 3.05) is 27.4 Å². The van der Waals surface area contributed by atoms with E-state index in [9.17, 15) is 9.59 Å². The third kappa shape index (κ3) is 4.27. The monoisotopic (exact) mass is 432 g/mol. The molecule has 164 valence electrons. The molecule has 2 heterocycles. The molecule has 0 aliphatic carbocycles. The van der Waals surface area contributed by atoms with Crippen LogP contribution < -0.4 is 9.47 Å². The second kappa shape index (κ2) is 9.51. The molecule has 0 saturated carbocycles. The largest absolute Gasteiger partial charge is 0.493 e. The Morgan fingerprint density at radius 3 is 2.38 bits per heavy atom. The van der Waals surface area contributed by atoms with Gasteiger partial charge in [0, 0.05) is 18.9 Å². The van der Waals surface area contributed by atoms with Crippen molar-refractivity contribution in [3.8, 4) is 11.5 Å². The number of rotatable bonds is 6. The topological polar surface area (TPSA) is 78.0 Å². The summed E-state index contributed by atoms with van der Waals surface area (Å²) in [6, 6.07) is 16.5. The van der Waals surface area contributed by atoms with Crippen molar-refractivity contribution in [3.05, 3.63) is 89.2 Å². The summed E-state index contributed by atoms with van der Waals surface area (Å²) in [6.45, 7) is 0.154. The Morgan fingerprint density at radius 1 is 1.00 bits per heavy atom. The van der Waals surface area contributed by atoms with Crippen LogP contribution in [0.2, 0.25) is 0 Å². The van der Waals surface area contributed by atoms with Crippen LogP contribution in [-0.2, 0) is 16.0 Å². The summed E-state index contributed by atoms with van der Waals surface area (Å²) in [4.78, 5) is 31.1. The molecule has 0 fully saturated rings. The molecule has 0 bridgehead atoms. The zero-order valence-corrected chi connectivity index (χ0v) is 18.0.